The Morgan fingerprint density at radius 1 is 0.921 bits per heavy atom. The van der Waals surface area contributed by atoms with Crippen LogP contribution in [0.15, 0.2) is 76.5 Å². The fourth-order valence-electron chi connectivity index (χ4n) is 11.7. The molecule has 2 saturated heterocycles. The second-order valence-electron chi connectivity index (χ2n) is 22.7. The van der Waals surface area contributed by atoms with Crippen LogP contribution < -0.4 is 25.7 Å². The normalized spacial score (nSPS) is 29.4. The lowest BCUT2D eigenvalue weighted by molar-refractivity contribution is -0.168. The molecule has 17 heteroatoms. The van der Waals surface area contributed by atoms with E-state index in [4.69, 9.17) is 19.2 Å². The number of hydrogen-bond donors (Lipinski definition) is 5. The summed E-state index contributed by atoms with van der Waals surface area (Å²) in [5.74, 6) is -8.34. The number of fused-ring (bicyclic) bond motifs is 13. The number of benzene rings is 3. The number of Topliss-reactive ketones (excluding diaryl/α,β-unsaturated/α-hetero) is 1. The van der Waals surface area contributed by atoms with Gasteiger partial charge >= 0.3 is 11.8 Å². The van der Waals surface area contributed by atoms with Crippen LogP contribution in [0.5, 0.6) is 17.2 Å². The molecular formula is C59H78N6O11. The van der Waals surface area contributed by atoms with Crippen LogP contribution in [-0.4, -0.2) is 129 Å². The van der Waals surface area contributed by atoms with E-state index in [1.807, 2.05) is 25.1 Å². The smallest absolute Gasteiger partial charge is 0.318 e. The van der Waals surface area contributed by atoms with Gasteiger partial charge in [-0.25, -0.2) is 4.99 Å². The van der Waals surface area contributed by atoms with Crippen LogP contribution in [0.4, 0.5) is 11.4 Å². The molecule has 0 aliphatic carbocycles. The van der Waals surface area contributed by atoms with Crippen LogP contribution in [-0.2, 0) is 23.9 Å². The first-order valence-corrected chi connectivity index (χ1v) is 27.1. The number of nitrogens with zero attached hydrogens (tertiary/aromatic N) is 5. The van der Waals surface area contributed by atoms with E-state index < -0.39 is 82.8 Å². The number of carbonyl (C=O) groups excluding carboxylic acids is 4. The average molecular weight is 1050 g/mol. The predicted molar refractivity (Wildman–Crippen MR) is 289 cm³/mol. The summed E-state index contributed by atoms with van der Waals surface area (Å²) in [7, 11) is 2.05. The van der Waals surface area contributed by atoms with Gasteiger partial charge in [-0.15, -0.1) is 0 Å². The highest BCUT2D eigenvalue weighted by atomic mass is 16.7. The van der Waals surface area contributed by atoms with Crippen LogP contribution in [0.2, 0.25) is 0 Å². The Balaban J connectivity index is 1.11. The highest BCUT2D eigenvalue weighted by molar-refractivity contribution is 6.21. The summed E-state index contributed by atoms with van der Waals surface area (Å²) in [6.45, 7) is 20.9. The molecule has 1 unspecified atom stereocenters. The molecule has 0 radical (unpaired) electrons. The Kier molecular flexibility index (Phi) is 16.4. The summed E-state index contributed by atoms with van der Waals surface area (Å²) in [5, 5.41) is 51.5. The number of aliphatic hydroxyl groups is 2. The van der Waals surface area contributed by atoms with E-state index in [-0.39, 0.29) is 68.1 Å². The molecule has 17 nitrogen and oxygen atoms in total. The maximum Gasteiger partial charge on any atom is 0.318 e. The number of carbonyl (C=O) groups is 4. The molecule has 9 rings (SSSR count). The number of piperidine rings is 2. The number of aromatic hydroxyl groups is 2. The van der Waals surface area contributed by atoms with E-state index in [1.165, 1.54) is 13.2 Å². The monoisotopic (exact) mass is 1050 g/mol. The van der Waals surface area contributed by atoms with E-state index in [0.717, 1.165) is 25.1 Å². The minimum Gasteiger partial charge on any atom is -0.507 e. The quantitative estimate of drug-likeness (QED) is 0.0926. The number of anilines is 2. The Bertz CT molecular complexity index is 2940. The molecule has 1 spiro atoms. The van der Waals surface area contributed by atoms with Crippen LogP contribution in [0.1, 0.15) is 110 Å². The van der Waals surface area contributed by atoms with E-state index in [2.05, 4.69) is 53.1 Å². The number of para-hydroxylation sites is 1. The van der Waals surface area contributed by atoms with Gasteiger partial charge in [-0.3, -0.25) is 24.2 Å². The molecule has 3 aromatic rings. The zero-order chi connectivity index (χ0) is 55.1. The first-order valence-electron chi connectivity index (χ1n) is 27.1. The zero-order valence-corrected chi connectivity index (χ0v) is 46.0. The van der Waals surface area contributed by atoms with Crippen molar-refractivity contribution in [1.29, 1.82) is 0 Å². The van der Waals surface area contributed by atoms with Crippen molar-refractivity contribution in [1.82, 2.24) is 9.80 Å². The van der Waals surface area contributed by atoms with Crippen molar-refractivity contribution in [2.45, 2.75) is 137 Å². The number of aliphatic hydroxyl groups excluding tert-OH is 2. The van der Waals surface area contributed by atoms with Crippen molar-refractivity contribution < 1.29 is 53.8 Å². The summed E-state index contributed by atoms with van der Waals surface area (Å²) >= 11 is 0. The molecule has 5 N–H and O–H groups in total. The number of ketones is 1. The Labute approximate surface area is 446 Å². The molecule has 76 heavy (non-hydrogen) atoms. The van der Waals surface area contributed by atoms with Crippen LogP contribution in [0, 0.1) is 42.4 Å². The van der Waals surface area contributed by atoms with Gasteiger partial charge in [0.25, 0.3) is 11.7 Å². The number of phenols is 2. The van der Waals surface area contributed by atoms with Gasteiger partial charge in [-0.2, -0.15) is 0 Å². The second kappa shape index (κ2) is 22.3. The van der Waals surface area contributed by atoms with Gasteiger partial charge in [-0.1, -0.05) is 78.0 Å². The lowest BCUT2D eigenvalue weighted by Gasteiger charge is -2.39. The molecular weight excluding hydrogens is 969 g/mol. The lowest BCUT2D eigenvalue weighted by Crippen LogP contribution is -2.49. The van der Waals surface area contributed by atoms with Gasteiger partial charge in [0.2, 0.25) is 5.91 Å². The summed E-state index contributed by atoms with van der Waals surface area (Å²) in [4.78, 5) is 72.9. The number of amides is 2. The molecule has 6 aliphatic heterocycles. The second-order valence-corrected chi connectivity index (χ2v) is 22.7. The number of ether oxygens (including phenoxy) is 3. The molecule has 6 heterocycles. The van der Waals surface area contributed by atoms with Crippen molar-refractivity contribution >= 4 is 45.7 Å². The number of hydrogen-bond acceptors (Lipinski definition) is 15. The summed E-state index contributed by atoms with van der Waals surface area (Å²) in [5.41, 5.74) is 0.950. The highest BCUT2D eigenvalue weighted by Gasteiger charge is 2.51. The molecule has 3 aromatic carbocycles. The van der Waals surface area contributed by atoms with Crippen molar-refractivity contribution in [2.24, 2.45) is 45.5 Å². The molecule has 6 aliphatic rings. The van der Waals surface area contributed by atoms with E-state index in [1.54, 1.807) is 70.7 Å². The Morgan fingerprint density at radius 3 is 2.25 bits per heavy atom. The lowest BCUT2D eigenvalue weighted by atomic mass is 9.79. The van der Waals surface area contributed by atoms with Gasteiger partial charge < -0.3 is 54.7 Å². The molecule has 5 bridgehead atoms. The molecule has 0 saturated carbocycles. The first kappa shape index (κ1) is 55.9. The standard InChI is InChI=1S/C59H78N6O11/c1-32(2)31-64-28-24-59(25-29-64)61-45-42-43-50(68)38(8)53-44(42)54(70)58(10,76-53)74-30-16-19-34(4)52(75-57(73)39(9)56(72)65-26-22-41(23-27-65)63(11)40-20-13-12-14-21-40)37(7)49(67)36(6)48(66)33(3)17-15-18-35(5)55(71)60-47(51(43)69)46(45)62-59/h12-18,20-21,30,32-34,36-37,39,41,48-49,52,61,66-69H,19,22-29,31H2,1-11H3/b17-15+,30-16+,35-18-,60-47?/t33-,34+,36+,37+,39?,48-,49+,52+,58-/m0/s1. The summed E-state index contributed by atoms with van der Waals surface area (Å²) in [6, 6.07) is 10.3. The van der Waals surface area contributed by atoms with Crippen molar-refractivity contribution in [2.75, 3.05) is 50.0 Å². The topological polar surface area (TPSA) is 223 Å². The van der Waals surface area contributed by atoms with Gasteiger partial charge in [-0.05, 0) is 70.1 Å². The number of likely N-dealkylation sites (tertiary alicyclic amines) is 2. The number of nitrogens with one attached hydrogen (secondary N) is 1. The molecule has 2 fully saturated rings. The van der Waals surface area contributed by atoms with Gasteiger partial charge in [0, 0.05) is 106 Å². The van der Waals surface area contributed by atoms with Gasteiger partial charge in [0.1, 0.15) is 39.9 Å². The fraction of sp³-hybridized carbons (Fsp3) is 0.559. The van der Waals surface area contributed by atoms with E-state index >= 15 is 0 Å². The number of allylic oxidation sites excluding steroid dienone is 3. The third-order valence-corrected chi connectivity index (χ3v) is 16.7. The SMILES string of the molecule is C/C1=C/C=C/[C@H](C)[C@H](O)[C@@H](C)[C@@H](O)[C@@H](C)[C@H](OC(=O)C(C)C(=O)N2CCC(N(C)c3ccccc3)CC2)[C@H](C)C/C=C/O[C@@]2(C)Oc3c(C)c(O)c4c(O)c(c5c(c4c3C2=O)NC2(CCN(CC(C)C)CC2)N=5)=NC1=O. The molecule has 410 valence electrons. The predicted octanol–water partition coefficient (Wildman–Crippen LogP) is 6.87. The third-order valence-electron chi connectivity index (χ3n) is 16.7. The zero-order valence-electron chi connectivity index (χ0n) is 46.0. The van der Waals surface area contributed by atoms with Crippen molar-refractivity contribution in [3.63, 3.8) is 0 Å². The van der Waals surface area contributed by atoms with Crippen LogP contribution >= 0.6 is 0 Å². The van der Waals surface area contributed by atoms with Crippen LogP contribution in [0.25, 0.3) is 10.8 Å². The Morgan fingerprint density at radius 2 is 1.59 bits per heavy atom. The van der Waals surface area contributed by atoms with Gasteiger partial charge in [0.15, 0.2) is 5.75 Å². The third kappa shape index (κ3) is 10.8. The average Bonchev–Trinajstić information content (AvgIpc) is 3.91. The maximum atomic E-state index is 14.9. The molecule has 9 atom stereocenters. The van der Waals surface area contributed by atoms with E-state index in [0.29, 0.717) is 50.6 Å². The van der Waals surface area contributed by atoms with Crippen molar-refractivity contribution in [3.8, 4) is 17.2 Å². The molecule has 2 amide bonds. The highest BCUT2D eigenvalue weighted by Crippen LogP contribution is 2.51. The fourth-order valence-corrected chi connectivity index (χ4v) is 11.7. The first-order chi connectivity index (χ1) is 36.0. The maximum absolute atomic E-state index is 14.9. The summed E-state index contributed by atoms with van der Waals surface area (Å²) in [6.07, 6.45) is 7.46. The summed E-state index contributed by atoms with van der Waals surface area (Å²) < 4.78 is 18.8. The minimum atomic E-state index is -1.95. The van der Waals surface area contributed by atoms with Gasteiger partial charge in [0.05, 0.1) is 35.1 Å². The minimum absolute atomic E-state index is 0.0550. The number of rotatable bonds is 7. The van der Waals surface area contributed by atoms with E-state index in [9.17, 15) is 39.6 Å². The number of esters is 1. The largest absolute Gasteiger partial charge is 0.507 e. The number of phenolic OH excluding ortho intramolecular Hbond substituents is 2. The molecule has 0 aromatic heterocycles. The van der Waals surface area contributed by atoms with Crippen molar-refractivity contribution in [3.05, 3.63) is 88.3 Å². The van der Waals surface area contributed by atoms with Crippen LogP contribution in [0.3, 0.4) is 0 Å². The Hall–Kier alpha value is -6.30.